The van der Waals surface area contributed by atoms with Crippen molar-refractivity contribution in [2.75, 3.05) is 52.4 Å². The first-order valence-corrected chi connectivity index (χ1v) is 7.95. The lowest BCUT2D eigenvalue weighted by atomic mass is 10.1. The van der Waals surface area contributed by atoms with Crippen LogP contribution in [0.3, 0.4) is 0 Å². The van der Waals surface area contributed by atoms with Crippen LogP contribution < -0.4 is 0 Å². The van der Waals surface area contributed by atoms with Crippen molar-refractivity contribution >= 4 is 5.91 Å². The third kappa shape index (κ3) is 4.18. The van der Waals surface area contributed by atoms with Crippen LogP contribution in [0.4, 0.5) is 0 Å². The van der Waals surface area contributed by atoms with E-state index in [0.717, 1.165) is 45.2 Å². The quantitative estimate of drug-likeness (QED) is 0.750. The number of carbonyl (C=O) groups is 1. The van der Waals surface area contributed by atoms with E-state index in [1.807, 2.05) is 0 Å². The number of nitrogens with zero attached hydrogens (tertiary/aromatic N) is 3. The molecule has 0 unspecified atom stereocenters. The number of likely N-dealkylation sites (N-methyl/N-ethyl adjacent to an activating group) is 1. The summed E-state index contributed by atoms with van der Waals surface area (Å²) in [6, 6.07) is 0. The van der Waals surface area contributed by atoms with Crippen LogP contribution in [0.25, 0.3) is 0 Å². The Balaban J connectivity index is 1.65. The first kappa shape index (κ1) is 14.8. The Morgan fingerprint density at radius 3 is 2.37 bits per heavy atom. The van der Waals surface area contributed by atoms with Crippen molar-refractivity contribution in [3.63, 3.8) is 0 Å². The van der Waals surface area contributed by atoms with Gasteiger partial charge in [-0.25, -0.2) is 0 Å². The molecule has 2 aliphatic heterocycles. The van der Waals surface area contributed by atoms with E-state index in [1.165, 1.54) is 25.9 Å². The fourth-order valence-electron chi connectivity index (χ4n) is 3.17. The first-order valence-electron chi connectivity index (χ1n) is 7.95. The predicted octanol–water partition coefficient (Wildman–Crippen LogP) is 1.27. The Labute approximate surface area is 117 Å². The van der Waals surface area contributed by atoms with Crippen molar-refractivity contribution < 1.29 is 4.79 Å². The highest BCUT2D eigenvalue weighted by molar-refractivity contribution is 5.76. The molecular formula is C15H29N3O. The zero-order chi connectivity index (χ0) is 13.7. The maximum absolute atomic E-state index is 12.2. The summed E-state index contributed by atoms with van der Waals surface area (Å²) in [5, 5.41) is 0. The maximum Gasteiger partial charge on any atom is 0.223 e. The van der Waals surface area contributed by atoms with Crippen LogP contribution >= 0.6 is 0 Å². The molecule has 0 radical (unpaired) electrons. The van der Waals surface area contributed by atoms with Gasteiger partial charge in [0.1, 0.15) is 0 Å². The molecule has 0 aromatic heterocycles. The second-order valence-corrected chi connectivity index (χ2v) is 5.93. The predicted molar refractivity (Wildman–Crippen MR) is 78.1 cm³/mol. The summed E-state index contributed by atoms with van der Waals surface area (Å²) in [4.78, 5) is 19.1. The molecular weight excluding hydrogens is 238 g/mol. The van der Waals surface area contributed by atoms with Gasteiger partial charge >= 0.3 is 0 Å². The fraction of sp³-hybridized carbons (Fsp3) is 0.933. The van der Waals surface area contributed by atoms with E-state index in [2.05, 4.69) is 28.5 Å². The summed E-state index contributed by atoms with van der Waals surface area (Å²) >= 11 is 0. The van der Waals surface area contributed by atoms with Crippen molar-refractivity contribution in [1.82, 2.24) is 14.7 Å². The lowest BCUT2D eigenvalue weighted by Gasteiger charge is -2.34. The molecule has 1 atom stereocenters. The molecule has 4 nitrogen and oxygen atoms in total. The molecule has 2 aliphatic rings. The van der Waals surface area contributed by atoms with Crippen molar-refractivity contribution in [2.24, 2.45) is 5.92 Å². The summed E-state index contributed by atoms with van der Waals surface area (Å²) in [5.41, 5.74) is 0. The Morgan fingerprint density at radius 2 is 1.79 bits per heavy atom. The second kappa shape index (κ2) is 7.25. The zero-order valence-corrected chi connectivity index (χ0v) is 12.6. The van der Waals surface area contributed by atoms with Crippen LogP contribution in [0.5, 0.6) is 0 Å². The standard InChI is InChI=1S/C15H29N3O/c1-3-14-5-7-17(13-14)8-6-15(19)18-11-9-16(4-2)10-12-18/h14H,3-13H2,1-2H3/t14-/m1/s1. The molecule has 110 valence electrons. The van der Waals surface area contributed by atoms with Crippen LogP contribution in [0.2, 0.25) is 0 Å². The average molecular weight is 267 g/mol. The highest BCUT2D eigenvalue weighted by Crippen LogP contribution is 2.19. The van der Waals surface area contributed by atoms with Crippen molar-refractivity contribution in [3.8, 4) is 0 Å². The molecule has 0 aromatic carbocycles. The number of carbonyl (C=O) groups excluding carboxylic acids is 1. The van der Waals surface area contributed by atoms with E-state index in [1.54, 1.807) is 0 Å². The Kier molecular flexibility index (Phi) is 5.64. The first-order chi connectivity index (χ1) is 9.22. The third-order valence-electron chi connectivity index (χ3n) is 4.76. The van der Waals surface area contributed by atoms with E-state index in [9.17, 15) is 4.79 Å². The smallest absolute Gasteiger partial charge is 0.223 e. The molecule has 0 saturated carbocycles. The van der Waals surface area contributed by atoms with E-state index in [4.69, 9.17) is 0 Å². The number of rotatable bonds is 5. The summed E-state index contributed by atoms with van der Waals surface area (Å²) in [6.07, 6.45) is 3.31. The molecule has 0 spiro atoms. The monoisotopic (exact) mass is 267 g/mol. The molecule has 0 aliphatic carbocycles. The Bertz CT molecular complexity index is 287. The van der Waals surface area contributed by atoms with Gasteiger partial charge in [0.15, 0.2) is 0 Å². The van der Waals surface area contributed by atoms with Crippen molar-refractivity contribution in [1.29, 1.82) is 0 Å². The van der Waals surface area contributed by atoms with Gasteiger partial charge in [0.2, 0.25) is 5.91 Å². The Hall–Kier alpha value is -0.610. The summed E-state index contributed by atoms with van der Waals surface area (Å²) in [5.74, 6) is 1.22. The Morgan fingerprint density at radius 1 is 1.05 bits per heavy atom. The zero-order valence-electron chi connectivity index (χ0n) is 12.6. The molecule has 2 saturated heterocycles. The van der Waals surface area contributed by atoms with Gasteiger partial charge < -0.3 is 14.7 Å². The average Bonchev–Trinajstić information content (AvgIpc) is 2.93. The van der Waals surface area contributed by atoms with Gasteiger partial charge in [-0.1, -0.05) is 20.3 Å². The molecule has 2 heterocycles. The maximum atomic E-state index is 12.2. The van der Waals surface area contributed by atoms with Crippen LogP contribution in [0.15, 0.2) is 0 Å². The van der Waals surface area contributed by atoms with Crippen LogP contribution in [-0.2, 0) is 4.79 Å². The van der Waals surface area contributed by atoms with E-state index in [0.29, 0.717) is 12.3 Å². The van der Waals surface area contributed by atoms with Crippen molar-refractivity contribution in [2.45, 2.75) is 33.1 Å². The number of likely N-dealkylation sites (tertiary alicyclic amines) is 1. The topological polar surface area (TPSA) is 26.8 Å². The summed E-state index contributed by atoms with van der Waals surface area (Å²) in [6.45, 7) is 12.9. The molecule has 0 N–H and O–H groups in total. The van der Waals surface area contributed by atoms with E-state index in [-0.39, 0.29) is 0 Å². The highest BCUT2D eigenvalue weighted by Gasteiger charge is 2.23. The van der Waals surface area contributed by atoms with Gasteiger partial charge in [0.25, 0.3) is 0 Å². The van der Waals surface area contributed by atoms with Gasteiger partial charge in [-0.05, 0) is 25.4 Å². The number of amides is 1. The number of piperazine rings is 1. The van der Waals surface area contributed by atoms with Crippen LogP contribution in [0, 0.1) is 5.92 Å². The number of hydrogen-bond donors (Lipinski definition) is 0. The van der Waals surface area contributed by atoms with E-state index >= 15 is 0 Å². The lowest BCUT2D eigenvalue weighted by molar-refractivity contribution is -0.133. The molecule has 19 heavy (non-hydrogen) atoms. The number of hydrogen-bond acceptors (Lipinski definition) is 3. The van der Waals surface area contributed by atoms with Crippen molar-refractivity contribution in [3.05, 3.63) is 0 Å². The molecule has 0 aromatic rings. The summed E-state index contributed by atoms with van der Waals surface area (Å²) < 4.78 is 0. The minimum Gasteiger partial charge on any atom is -0.340 e. The molecule has 2 fully saturated rings. The van der Waals surface area contributed by atoms with Gasteiger partial charge in [-0.2, -0.15) is 0 Å². The summed E-state index contributed by atoms with van der Waals surface area (Å²) in [7, 11) is 0. The molecule has 2 rings (SSSR count). The van der Waals surface area contributed by atoms with Gasteiger partial charge in [-0.15, -0.1) is 0 Å². The minimum atomic E-state index is 0.357. The molecule has 1 amide bonds. The second-order valence-electron chi connectivity index (χ2n) is 5.93. The van der Waals surface area contributed by atoms with Gasteiger partial charge in [0.05, 0.1) is 0 Å². The van der Waals surface area contributed by atoms with Crippen LogP contribution in [-0.4, -0.2) is 73.0 Å². The molecule has 4 heteroatoms. The fourth-order valence-corrected chi connectivity index (χ4v) is 3.17. The minimum absolute atomic E-state index is 0.357. The highest BCUT2D eigenvalue weighted by atomic mass is 16.2. The van der Waals surface area contributed by atoms with Gasteiger partial charge in [-0.3, -0.25) is 4.79 Å². The van der Waals surface area contributed by atoms with E-state index < -0.39 is 0 Å². The largest absolute Gasteiger partial charge is 0.340 e. The van der Waals surface area contributed by atoms with Crippen LogP contribution in [0.1, 0.15) is 33.1 Å². The normalized spacial score (nSPS) is 26.0. The third-order valence-corrected chi connectivity index (χ3v) is 4.76. The lowest BCUT2D eigenvalue weighted by Crippen LogP contribution is -2.48. The SMILES string of the molecule is CC[C@@H]1CCN(CCC(=O)N2CCN(CC)CC2)C1. The molecule has 0 bridgehead atoms. The van der Waals surface area contributed by atoms with Gasteiger partial charge in [0, 0.05) is 45.7 Å².